The standard InChI is InChI=1S/C25H27N3O2/c1-18-24(19(2)28(26-18)22-7-5-4-6-8-22)15-16-25(29)27(21-11-12-21)17-20-9-13-23(30-3)14-10-20/h4-10,13-16,21H,11-12,17H2,1-3H3/b16-15+. The van der Waals surface area contributed by atoms with Gasteiger partial charge in [0.1, 0.15) is 5.75 Å². The predicted molar refractivity (Wildman–Crippen MR) is 119 cm³/mol. The van der Waals surface area contributed by atoms with E-state index in [2.05, 4.69) is 5.10 Å². The van der Waals surface area contributed by atoms with E-state index in [0.717, 1.165) is 46.8 Å². The topological polar surface area (TPSA) is 47.4 Å². The van der Waals surface area contributed by atoms with Crippen LogP contribution in [0.1, 0.15) is 35.4 Å². The van der Waals surface area contributed by atoms with E-state index in [0.29, 0.717) is 12.6 Å². The molecule has 2 aromatic carbocycles. The van der Waals surface area contributed by atoms with Crippen molar-refractivity contribution in [3.8, 4) is 11.4 Å². The number of para-hydroxylation sites is 1. The molecule has 0 saturated heterocycles. The third-order valence-electron chi connectivity index (χ3n) is 5.52. The Morgan fingerprint density at radius 2 is 1.83 bits per heavy atom. The average Bonchev–Trinajstić information content (AvgIpc) is 3.57. The Balaban J connectivity index is 1.52. The molecule has 4 rings (SSSR count). The van der Waals surface area contributed by atoms with Crippen molar-refractivity contribution in [1.29, 1.82) is 0 Å². The zero-order chi connectivity index (χ0) is 21.1. The molecule has 1 heterocycles. The number of aryl methyl sites for hydroxylation is 1. The lowest BCUT2D eigenvalue weighted by atomic mass is 10.1. The van der Waals surface area contributed by atoms with E-state index in [1.165, 1.54) is 0 Å². The highest BCUT2D eigenvalue weighted by Crippen LogP contribution is 2.29. The Hall–Kier alpha value is -3.34. The quantitative estimate of drug-likeness (QED) is 0.539. The van der Waals surface area contributed by atoms with E-state index in [1.807, 2.05) is 84.1 Å². The normalized spacial score (nSPS) is 13.6. The molecule has 0 aliphatic heterocycles. The van der Waals surface area contributed by atoms with E-state index in [-0.39, 0.29) is 5.91 Å². The highest BCUT2D eigenvalue weighted by molar-refractivity contribution is 5.92. The molecule has 3 aromatic rings. The fourth-order valence-electron chi connectivity index (χ4n) is 3.67. The summed E-state index contributed by atoms with van der Waals surface area (Å²) in [6.45, 7) is 4.62. The number of aromatic nitrogens is 2. The van der Waals surface area contributed by atoms with Gasteiger partial charge in [0, 0.05) is 29.9 Å². The van der Waals surface area contributed by atoms with Crippen molar-refractivity contribution >= 4 is 12.0 Å². The minimum atomic E-state index is 0.0413. The third kappa shape index (κ3) is 4.30. The van der Waals surface area contributed by atoms with Gasteiger partial charge < -0.3 is 9.64 Å². The number of carbonyl (C=O) groups excluding carboxylic acids is 1. The summed E-state index contributed by atoms with van der Waals surface area (Å²) < 4.78 is 7.15. The summed E-state index contributed by atoms with van der Waals surface area (Å²) in [6.07, 6.45) is 5.73. The van der Waals surface area contributed by atoms with Crippen molar-refractivity contribution in [2.24, 2.45) is 0 Å². The first-order valence-electron chi connectivity index (χ1n) is 10.3. The van der Waals surface area contributed by atoms with E-state index < -0.39 is 0 Å². The number of rotatable bonds is 7. The van der Waals surface area contributed by atoms with Gasteiger partial charge in [-0.2, -0.15) is 5.10 Å². The van der Waals surface area contributed by atoms with Crippen molar-refractivity contribution in [2.75, 3.05) is 7.11 Å². The number of amides is 1. The Kier molecular flexibility index (Phi) is 5.70. The summed E-state index contributed by atoms with van der Waals surface area (Å²) in [5.41, 5.74) is 5.05. The van der Waals surface area contributed by atoms with Gasteiger partial charge in [0.25, 0.3) is 0 Å². The highest BCUT2D eigenvalue weighted by atomic mass is 16.5. The summed E-state index contributed by atoms with van der Waals surface area (Å²) in [7, 11) is 1.66. The maximum atomic E-state index is 13.0. The predicted octanol–water partition coefficient (Wildman–Crippen LogP) is 4.70. The molecule has 0 spiro atoms. The summed E-state index contributed by atoms with van der Waals surface area (Å²) in [4.78, 5) is 15.0. The van der Waals surface area contributed by atoms with Gasteiger partial charge in [-0.05, 0) is 62.6 Å². The minimum Gasteiger partial charge on any atom is -0.497 e. The number of hydrogen-bond acceptors (Lipinski definition) is 3. The molecule has 0 unspecified atom stereocenters. The van der Waals surface area contributed by atoms with Crippen molar-refractivity contribution in [3.05, 3.63) is 83.2 Å². The van der Waals surface area contributed by atoms with Crippen LogP contribution in [0.15, 0.2) is 60.7 Å². The second-order valence-electron chi connectivity index (χ2n) is 7.71. The van der Waals surface area contributed by atoms with Crippen molar-refractivity contribution < 1.29 is 9.53 Å². The molecule has 0 atom stereocenters. The van der Waals surface area contributed by atoms with Gasteiger partial charge in [0.05, 0.1) is 18.5 Å². The number of hydrogen-bond donors (Lipinski definition) is 0. The molecular formula is C25H27N3O2. The molecule has 1 aliphatic rings. The maximum absolute atomic E-state index is 13.0. The van der Waals surface area contributed by atoms with Crippen LogP contribution in [0.4, 0.5) is 0 Å². The molecule has 0 bridgehead atoms. The molecule has 1 aromatic heterocycles. The number of benzene rings is 2. The summed E-state index contributed by atoms with van der Waals surface area (Å²) in [6, 6.07) is 18.3. The Morgan fingerprint density at radius 1 is 1.13 bits per heavy atom. The van der Waals surface area contributed by atoms with Crippen LogP contribution in [0.2, 0.25) is 0 Å². The highest BCUT2D eigenvalue weighted by Gasteiger charge is 2.31. The van der Waals surface area contributed by atoms with Gasteiger partial charge in [-0.1, -0.05) is 30.3 Å². The van der Waals surface area contributed by atoms with Gasteiger partial charge >= 0.3 is 0 Å². The van der Waals surface area contributed by atoms with E-state index in [1.54, 1.807) is 13.2 Å². The maximum Gasteiger partial charge on any atom is 0.247 e. The molecule has 0 N–H and O–H groups in total. The molecule has 1 saturated carbocycles. The Morgan fingerprint density at radius 3 is 2.47 bits per heavy atom. The number of nitrogens with zero attached hydrogens (tertiary/aromatic N) is 3. The average molecular weight is 402 g/mol. The van der Waals surface area contributed by atoms with E-state index >= 15 is 0 Å². The van der Waals surface area contributed by atoms with Crippen molar-refractivity contribution in [2.45, 2.75) is 39.3 Å². The van der Waals surface area contributed by atoms with Crippen LogP contribution in [-0.2, 0) is 11.3 Å². The zero-order valence-electron chi connectivity index (χ0n) is 17.7. The zero-order valence-corrected chi connectivity index (χ0v) is 17.7. The van der Waals surface area contributed by atoms with Crippen LogP contribution in [0, 0.1) is 13.8 Å². The molecule has 154 valence electrons. The SMILES string of the molecule is COc1ccc(CN(C(=O)/C=C/c2c(C)nn(-c3ccccc3)c2C)C2CC2)cc1. The van der Waals surface area contributed by atoms with Gasteiger partial charge in [-0.15, -0.1) is 0 Å². The number of ether oxygens (including phenoxy) is 1. The van der Waals surface area contributed by atoms with Crippen molar-refractivity contribution in [3.63, 3.8) is 0 Å². The van der Waals surface area contributed by atoms with Crippen molar-refractivity contribution in [1.82, 2.24) is 14.7 Å². The number of methoxy groups -OCH3 is 1. The lowest BCUT2D eigenvalue weighted by Gasteiger charge is -2.21. The first kappa shape index (κ1) is 20.0. The van der Waals surface area contributed by atoms with Crippen LogP contribution in [0.3, 0.4) is 0 Å². The van der Waals surface area contributed by atoms with Gasteiger partial charge in [-0.25, -0.2) is 4.68 Å². The molecule has 5 heteroatoms. The summed E-state index contributed by atoms with van der Waals surface area (Å²) >= 11 is 0. The van der Waals surface area contributed by atoms with Gasteiger partial charge in [-0.3, -0.25) is 4.79 Å². The van der Waals surface area contributed by atoms with Gasteiger partial charge in [0.15, 0.2) is 0 Å². The lowest BCUT2D eigenvalue weighted by molar-refractivity contribution is -0.127. The van der Waals surface area contributed by atoms with Crippen LogP contribution in [0.5, 0.6) is 5.75 Å². The smallest absolute Gasteiger partial charge is 0.247 e. The van der Waals surface area contributed by atoms with Crippen LogP contribution < -0.4 is 4.74 Å². The molecule has 0 radical (unpaired) electrons. The molecule has 30 heavy (non-hydrogen) atoms. The molecule has 5 nitrogen and oxygen atoms in total. The Labute approximate surface area is 177 Å². The number of carbonyl (C=O) groups is 1. The van der Waals surface area contributed by atoms with Gasteiger partial charge in [0.2, 0.25) is 5.91 Å². The molecule has 1 amide bonds. The third-order valence-corrected chi connectivity index (χ3v) is 5.52. The summed E-state index contributed by atoms with van der Waals surface area (Å²) in [5.74, 6) is 0.865. The van der Waals surface area contributed by atoms with Crippen LogP contribution >= 0.6 is 0 Å². The molecule has 1 fully saturated rings. The van der Waals surface area contributed by atoms with Crippen LogP contribution in [-0.4, -0.2) is 33.7 Å². The van der Waals surface area contributed by atoms with E-state index in [4.69, 9.17) is 4.74 Å². The van der Waals surface area contributed by atoms with Crippen LogP contribution in [0.25, 0.3) is 11.8 Å². The molecular weight excluding hydrogens is 374 g/mol. The Bertz CT molecular complexity index is 1050. The first-order valence-corrected chi connectivity index (χ1v) is 10.3. The second-order valence-corrected chi connectivity index (χ2v) is 7.71. The lowest BCUT2D eigenvalue weighted by Crippen LogP contribution is -2.31. The first-order chi connectivity index (χ1) is 14.6. The molecule has 1 aliphatic carbocycles. The second kappa shape index (κ2) is 8.57. The van der Waals surface area contributed by atoms with E-state index in [9.17, 15) is 4.79 Å². The minimum absolute atomic E-state index is 0.0413. The monoisotopic (exact) mass is 401 g/mol. The fraction of sp³-hybridized carbons (Fsp3) is 0.280. The fourth-order valence-corrected chi connectivity index (χ4v) is 3.67. The largest absolute Gasteiger partial charge is 0.497 e. The summed E-state index contributed by atoms with van der Waals surface area (Å²) in [5, 5.41) is 4.66.